The Labute approximate surface area is 118 Å². The van der Waals surface area contributed by atoms with Crippen molar-refractivity contribution in [3.05, 3.63) is 34.2 Å². The van der Waals surface area contributed by atoms with Crippen LogP contribution in [0, 0.1) is 0 Å². The third kappa shape index (κ3) is 5.09. The summed E-state index contributed by atoms with van der Waals surface area (Å²) >= 11 is 0. The maximum atomic E-state index is 11.6. The lowest BCUT2D eigenvalue weighted by Crippen LogP contribution is -2.28. The molecule has 0 bridgehead atoms. The largest absolute Gasteiger partial charge is 0.507 e. The number of nitrogens with one attached hydrogen (secondary N) is 1. The average molecular weight is 293 g/mol. The number of rotatable bonds is 5. The number of nitrogens with two attached hydrogens (primary N) is 1. The van der Waals surface area contributed by atoms with Gasteiger partial charge in [-0.3, -0.25) is 9.59 Å². The number of primary amides is 1. The van der Waals surface area contributed by atoms with Crippen LogP contribution in [-0.4, -0.2) is 22.9 Å². The highest BCUT2D eigenvalue weighted by molar-refractivity contribution is 5.93. The molecule has 0 heterocycles. The summed E-state index contributed by atoms with van der Waals surface area (Å²) in [6.45, 7) is 0. The molecular formula is C11H11N5O5. The highest BCUT2D eigenvalue weighted by atomic mass is 16.7. The Kier molecular flexibility index (Phi) is 5.54. The van der Waals surface area contributed by atoms with Gasteiger partial charge >= 0.3 is 5.97 Å². The van der Waals surface area contributed by atoms with Gasteiger partial charge in [0.15, 0.2) is 0 Å². The molecule has 1 aromatic carbocycles. The van der Waals surface area contributed by atoms with Gasteiger partial charge in [-0.05, 0) is 17.7 Å². The van der Waals surface area contributed by atoms with Crippen LogP contribution in [0.15, 0.2) is 23.3 Å². The first-order valence-corrected chi connectivity index (χ1v) is 5.60. The Bertz CT molecular complexity index is 623. The molecule has 10 heteroatoms. The smallest absolute Gasteiger partial charge is 0.366 e. The molecule has 0 aliphatic carbocycles. The van der Waals surface area contributed by atoms with Crippen LogP contribution in [0.25, 0.3) is 10.4 Å². The van der Waals surface area contributed by atoms with Gasteiger partial charge in [-0.2, -0.15) is 5.48 Å². The Morgan fingerprint density at radius 3 is 2.67 bits per heavy atom. The van der Waals surface area contributed by atoms with Gasteiger partial charge in [0.25, 0.3) is 5.91 Å². The second-order valence-corrected chi connectivity index (χ2v) is 3.77. The van der Waals surface area contributed by atoms with Crippen LogP contribution in [0.1, 0.15) is 23.2 Å². The Morgan fingerprint density at radius 2 is 2.10 bits per heavy atom. The van der Waals surface area contributed by atoms with E-state index in [0.29, 0.717) is 0 Å². The highest BCUT2D eigenvalue weighted by Crippen LogP contribution is 2.24. The number of phenolic OH excluding ortho intramolecular Hbond substituents is 1. The molecular weight excluding hydrogens is 282 g/mol. The van der Waals surface area contributed by atoms with Gasteiger partial charge < -0.3 is 15.7 Å². The van der Waals surface area contributed by atoms with Crippen molar-refractivity contribution in [1.82, 2.24) is 5.48 Å². The van der Waals surface area contributed by atoms with Crippen molar-refractivity contribution in [2.24, 2.45) is 10.8 Å². The van der Waals surface area contributed by atoms with Crippen molar-refractivity contribution in [2.45, 2.75) is 12.8 Å². The number of hydroxylamine groups is 1. The summed E-state index contributed by atoms with van der Waals surface area (Å²) in [7, 11) is 0. The number of azide groups is 1. The Hall–Kier alpha value is -3.26. The summed E-state index contributed by atoms with van der Waals surface area (Å²) in [5.74, 6) is -2.88. The van der Waals surface area contributed by atoms with Crippen LogP contribution < -0.4 is 11.2 Å². The molecule has 0 unspecified atom stereocenters. The number of aromatic hydroxyl groups is 1. The maximum absolute atomic E-state index is 11.6. The lowest BCUT2D eigenvalue weighted by atomic mass is 10.2. The van der Waals surface area contributed by atoms with Crippen LogP contribution in [0.5, 0.6) is 5.75 Å². The number of hydrogen-bond acceptors (Lipinski definition) is 6. The third-order valence-electron chi connectivity index (χ3n) is 2.22. The van der Waals surface area contributed by atoms with E-state index in [2.05, 4.69) is 14.9 Å². The van der Waals surface area contributed by atoms with E-state index in [0.717, 1.165) is 12.1 Å². The van der Waals surface area contributed by atoms with Gasteiger partial charge in [-0.25, -0.2) is 4.79 Å². The van der Waals surface area contributed by atoms with Crippen LogP contribution in [0.3, 0.4) is 0 Å². The fourth-order valence-corrected chi connectivity index (χ4v) is 1.25. The lowest BCUT2D eigenvalue weighted by molar-refractivity contribution is -0.131. The number of phenols is 1. The molecule has 1 aromatic rings. The fourth-order valence-electron chi connectivity index (χ4n) is 1.25. The molecule has 0 saturated heterocycles. The first-order chi connectivity index (χ1) is 9.93. The van der Waals surface area contributed by atoms with Gasteiger partial charge in [0, 0.05) is 23.4 Å². The van der Waals surface area contributed by atoms with Crippen molar-refractivity contribution in [2.75, 3.05) is 0 Å². The minimum atomic E-state index is -1.02. The number of carbonyl (C=O) groups is 3. The predicted octanol–water partition coefficient (Wildman–Crippen LogP) is 0.787. The van der Waals surface area contributed by atoms with E-state index in [9.17, 15) is 19.5 Å². The quantitative estimate of drug-likeness (QED) is 0.315. The number of carbonyl (C=O) groups excluding carboxylic acids is 3. The predicted molar refractivity (Wildman–Crippen MR) is 68.9 cm³/mol. The molecule has 0 spiro atoms. The monoisotopic (exact) mass is 293 g/mol. The second kappa shape index (κ2) is 7.36. The van der Waals surface area contributed by atoms with Crippen LogP contribution >= 0.6 is 0 Å². The van der Waals surface area contributed by atoms with Crippen molar-refractivity contribution >= 4 is 23.5 Å². The molecule has 4 N–H and O–H groups in total. The van der Waals surface area contributed by atoms with Gasteiger partial charge in [0.1, 0.15) is 11.3 Å². The first kappa shape index (κ1) is 15.8. The minimum Gasteiger partial charge on any atom is -0.507 e. The molecule has 0 aliphatic heterocycles. The van der Waals surface area contributed by atoms with Gasteiger partial charge in [-0.15, -0.1) is 0 Å². The number of nitrogens with zero attached hydrogens (tertiary/aromatic N) is 3. The molecule has 0 saturated carbocycles. The van der Waals surface area contributed by atoms with Crippen LogP contribution in [0.2, 0.25) is 0 Å². The molecule has 1 rings (SSSR count). The number of amides is 2. The van der Waals surface area contributed by atoms with E-state index in [1.54, 1.807) is 0 Å². The lowest BCUT2D eigenvalue weighted by Gasteiger charge is -2.06. The van der Waals surface area contributed by atoms with Gasteiger partial charge in [-0.1, -0.05) is 11.2 Å². The summed E-state index contributed by atoms with van der Waals surface area (Å²) in [4.78, 5) is 40.2. The molecule has 0 radical (unpaired) electrons. The molecule has 110 valence electrons. The van der Waals surface area contributed by atoms with E-state index in [1.807, 2.05) is 5.48 Å². The van der Waals surface area contributed by atoms with E-state index in [-0.39, 0.29) is 24.1 Å². The highest BCUT2D eigenvalue weighted by Gasteiger charge is 2.15. The molecule has 21 heavy (non-hydrogen) atoms. The minimum absolute atomic E-state index is 0.108. The van der Waals surface area contributed by atoms with E-state index >= 15 is 0 Å². The molecule has 0 atom stereocenters. The Balaban J connectivity index is 2.62. The van der Waals surface area contributed by atoms with Gasteiger partial charge in [0.2, 0.25) is 5.91 Å². The van der Waals surface area contributed by atoms with E-state index < -0.39 is 23.5 Å². The molecule has 2 amide bonds. The molecule has 0 aliphatic rings. The van der Waals surface area contributed by atoms with Crippen molar-refractivity contribution in [3.8, 4) is 5.75 Å². The standard InChI is InChI=1S/C11H11N5O5/c12-9(18)3-4-10(19)15-21-11(20)7-2-1-6(14-16-13)5-8(7)17/h1-2,5,17H,3-4H2,(H2,12,18)(H,15,19). The fraction of sp³-hybridized carbons (Fsp3) is 0.182. The zero-order valence-corrected chi connectivity index (χ0v) is 10.6. The van der Waals surface area contributed by atoms with E-state index in [4.69, 9.17) is 11.3 Å². The normalized spacial score (nSPS) is 9.33. The average Bonchev–Trinajstić information content (AvgIpc) is 2.43. The molecule has 0 aromatic heterocycles. The third-order valence-corrected chi connectivity index (χ3v) is 2.22. The molecule has 0 fully saturated rings. The van der Waals surface area contributed by atoms with Crippen molar-refractivity contribution in [3.63, 3.8) is 0 Å². The second-order valence-electron chi connectivity index (χ2n) is 3.77. The van der Waals surface area contributed by atoms with Crippen LogP contribution in [0.4, 0.5) is 5.69 Å². The van der Waals surface area contributed by atoms with Gasteiger partial charge in [0.05, 0.1) is 0 Å². The van der Waals surface area contributed by atoms with Crippen LogP contribution in [-0.2, 0) is 14.4 Å². The van der Waals surface area contributed by atoms with E-state index in [1.165, 1.54) is 6.07 Å². The summed E-state index contributed by atoms with van der Waals surface area (Å²) in [6.07, 6.45) is -0.417. The molecule has 10 nitrogen and oxygen atoms in total. The number of benzene rings is 1. The zero-order valence-electron chi connectivity index (χ0n) is 10.6. The number of hydrogen-bond donors (Lipinski definition) is 3. The maximum Gasteiger partial charge on any atom is 0.366 e. The summed E-state index contributed by atoms with van der Waals surface area (Å²) < 4.78 is 0. The first-order valence-electron chi connectivity index (χ1n) is 5.60. The summed E-state index contributed by atoms with van der Waals surface area (Å²) in [5.41, 5.74) is 14.8. The summed E-state index contributed by atoms with van der Waals surface area (Å²) in [5, 5.41) is 12.8. The zero-order chi connectivity index (χ0) is 15.8. The Morgan fingerprint density at radius 1 is 1.38 bits per heavy atom. The van der Waals surface area contributed by atoms with Crippen molar-refractivity contribution < 1.29 is 24.3 Å². The SMILES string of the molecule is [N-]=[N+]=Nc1ccc(C(=O)ONC(=O)CCC(N)=O)c(O)c1. The topological polar surface area (TPSA) is 167 Å². The summed E-state index contributed by atoms with van der Waals surface area (Å²) in [6, 6.07) is 3.51. The van der Waals surface area contributed by atoms with Crippen molar-refractivity contribution in [1.29, 1.82) is 0 Å².